The molecule has 17 heavy (non-hydrogen) atoms. The first kappa shape index (κ1) is 12.2. The van der Waals surface area contributed by atoms with Gasteiger partial charge in [-0.3, -0.25) is 4.79 Å². The quantitative estimate of drug-likeness (QED) is 0.868. The maximum Gasteiger partial charge on any atom is 0.257 e. The Morgan fingerprint density at radius 2 is 2.47 bits per heavy atom. The first-order valence-electron chi connectivity index (χ1n) is 6.36. The largest absolute Gasteiger partial charge is 0.472 e. The van der Waals surface area contributed by atoms with Crippen LogP contribution in [0, 0.1) is 0 Å². The number of carbonyl (C=O) groups is 1. The van der Waals surface area contributed by atoms with Gasteiger partial charge in [0.15, 0.2) is 0 Å². The molecule has 0 bridgehead atoms. The maximum atomic E-state index is 12.1. The van der Waals surface area contributed by atoms with Crippen LogP contribution in [0.4, 0.5) is 0 Å². The normalized spacial score (nSPS) is 20.2. The van der Waals surface area contributed by atoms with E-state index in [1.54, 1.807) is 12.3 Å². The molecule has 1 aliphatic rings. The molecule has 2 heterocycles. The van der Waals surface area contributed by atoms with Gasteiger partial charge in [0.2, 0.25) is 0 Å². The van der Waals surface area contributed by atoms with Crippen LogP contribution in [0.1, 0.15) is 36.5 Å². The Morgan fingerprint density at radius 3 is 3.06 bits per heavy atom. The van der Waals surface area contributed by atoms with Gasteiger partial charge < -0.3 is 14.6 Å². The summed E-state index contributed by atoms with van der Waals surface area (Å²) in [6.07, 6.45) is 6.72. The van der Waals surface area contributed by atoms with Crippen molar-refractivity contribution >= 4 is 5.91 Å². The zero-order valence-electron chi connectivity index (χ0n) is 10.3. The summed E-state index contributed by atoms with van der Waals surface area (Å²) < 4.78 is 4.96. The minimum Gasteiger partial charge on any atom is -0.472 e. The lowest BCUT2D eigenvalue weighted by Gasteiger charge is -2.29. The van der Waals surface area contributed by atoms with Crippen LogP contribution in [-0.4, -0.2) is 36.5 Å². The Kier molecular flexibility index (Phi) is 4.20. The highest BCUT2D eigenvalue weighted by molar-refractivity contribution is 5.93. The summed E-state index contributed by atoms with van der Waals surface area (Å²) in [7, 11) is 0. The van der Waals surface area contributed by atoms with Gasteiger partial charge in [-0.05, 0) is 32.4 Å². The third-order valence-corrected chi connectivity index (χ3v) is 3.29. The van der Waals surface area contributed by atoms with Gasteiger partial charge in [0.05, 0.1) is 11.8 Å². The molecule has 94 valence electrons. The zero-order valence-corrected chi connectivity index (χ0v) is 10.3. The second-order valence-corrected chi connectivity index (χ2v) is 4.50. The summed E-state index contributed by atoms with van der Waals surface area (Å²) in [6, 6.07) is 2.17. The molecule has 1 unspecified atom stereocenters. The Hall–Kier alpha value is -1.29. The summed E-state index contributed by atoms with van der Waals surface area (Å²) in [5.41, 5.74) is 0.641. The number of hydrogen-bond donors (Lipinski definition) is 1. The molecule has 1 aromatic heterocycles. The van der Waals surface area contributed by atoms with E-state index in [0.29, 0.717) is 11.6 Å². The molecule has 1 saturated heterocycles. The predicted octanol–water partition coefficient (Wildman–Crippen LogP) is 1.88. The van der Waals surface area contributed by atoms with Crippen LogP contribution in [-0.2, 0) is 0 Å². The fourth-order valence-corrected chi connectivity index (χ4v) is 2.27. The molecule has 4 heteroatoms. The molecular formula is C13H20N2O2. The maximum absolute atomic E-state index is 12.1. The second kappa shape index (κ2) is 5.87. The van der Waals surface area contributed by atoms with Gasteiger partial charge in [0.25, 0.3) is 5.91 Å². The fraction of sp³-hybridized carbons (Fsp3) is 0.615. The Morgan fingerprint density at radius 1 is 1.59 bits per heavy atom. The molecule has 0 radical (unpaired) electrons. The Balaban J connectivity index is 1.93. The van der Waals surface area contributed by atoms with Crippen LogP contribution < -0.4 is 5.32 Å². The number of piperidine rings is 1. The van der Waals surface area contributed by atoms with Crippen LogP contribution in [0.15, 0.2) is 23.0 Å². The van der Waals surface area contributed by atoms with E-state index in [4.69, 9.17) is 4.42 Å². The van der Waals surface area contributed by atoms with E-state index in [9.17, 15) is 4.79 Å². The van der Waals surface area contributed by atoms with E-state index in [2.05, 4.69) is 5.32 Å². The summed E-state index contributed by atoms with van der Waals surface area (Å²) in [5.74, 6) is 0.0635. The lowest BCUT2D eigenvalue weighted by Crippen LogP contribution is -2.45. The first-order chi connectivity index (χ1) is 8.31. The molecule has 0 saturated carbocycles. The standard InChI is InChI=1S/C13H20N2O2/c1-2-15(9-12-5-3-4-7-14-12)13(16)11-6-8-17-10-11/h6,8,10,12,14H,2-5,7,9H2,1H3. The minimum absolute atomic E-state index is 0.0635. The van der Waals surface area contributed by atoms with Crippen molar-refractivity contribution in [3.05, 3.63) is 24.2 Å². The van der Waals surface area contributed by atoms with E-state index in [1.165, 1.54) is 19.1 Å². The number of likely N-dealkylation sites (N-methyl/N-ethyl adjacent to an activating group) is 1. The van der Waals surface area contributed by atoms with Gasteiger partial charge in [-0.1, -0.05) is 6.42 Å². The van der Waals surface area contributed by atoms with Crippen molar-refractivity contribution in [2.75, 3.05) is 19.6 Å². The summed E-state index contributed by atoms with van der Waals surface area (Å²) in [4.78, 5) is 14.0. The number of hydrogen-bond acceptors (Lipinski definition) is 3. The van der Waals surface area contributed by atoms with Crippen molar-refractivity contribution in [1.82, 2.24) is 10.2 Å². The van der Waals surface area contributed by atoms with Crippen molar-refractivity contribution in [1.29, 1.82) is 0 Å². The molecule has 1 N–H and O–H groups in total. The van der Waals surface area contributed by atoms with Crippen LogP contribution in [0.2, 0.25) is 0 Å². The summed E-state index contributed by atoms with van der Waals surface area (Å²) in [6.45, 7) is 4.62. The van der Waals surface area contributed by atoms with Gasteiger partial charge in [-0.2, -0.15) is 0 Å². The molecule has 0 spiro atoms. The molecule has 1 amide bonds. The van der Waals surface area contributed by atoms with Gasteiger partial charge in [0.1, 0.15) is 6.26 Å². The van der Waals surface area contributed by atoms with E-state index in [1.807, 2.05) is 11.8 Å². The topological polar surface area (TPSA) is 45.5 Å². The number of nitrogens with one attached hydrogen (secondary N) is 1. The highest BCUT2D eigenvalue weighted by atomic mass is 16.3. The van der Waals surface area contributed by atoms with Gasteiger partial charge in [-0.15, -0.1) is 0 Å². The zero-order chi connectivity index (χ0) is 12.1. The number of amides is 1. The monoisotopic (exact) mass is 236 g/mol. The second-order valence-electron chi connectivity index (χ2n) is 4.50. The predicted molar refractivity (Wildman–Crippen MR) is 65.9 cm³/mol. The first-order valence-corrected chi connectivity index (χ1v) is 6.36. The molecule has 1 aromatic rings. The highest BCUT2D eigenvalue weighted by Crippen LogP contribution is 2.11. The van der Waals surface area contributed by atoms with Crippen molar-refractivity contribution in [3.8, 4) is 0 Å². The molecule has 1 fully saturated rings. The number of furan rings is 1. The van der Waals surface area contributed by atoms with Crippen LogP contribution >= 0.6 is 0 Å². The van der Waals surface area contributed by atoms with E-state index in [-0.39, 0.29) is 5.91 Å². The van der Waals surface area contributed by atoms with E-state index < -0.39 is 0 Å². The SMILES string of the molecule is CCN(CC1CCCCN1)C(=O)c1ccoc1. The van der Waals surface area contributed by atoms with Crippen molar-refractivity contribution in [3.63, 3.8) is 0 Å². The average molecular weight is 236 g/mol. The van der Waals surface area contributed by atoms with Crippen LogP contribution in [0.3, 0.4) is 0 Å². The molecule has 0 aliphatic carbocycles. The third-order valence-electron chi connectivity index (χ3n) is 3.29. The summed E-state index contributed by atoms with van der Waals surface area (Å²) >= 11 is 0. The van der Waals surface area contributed by atoms with Crippen molar-refractivity contribution < 1.29 is 9.21 Å². The van der Waals surface area contributed by atoms with E-state index >= 15 is 0 Å². The minimum atomic E-state index is 0.0635. The smallest absolute Gasteiger partial charge is 0.257 e. The van der Waals surface area contributed by atoms with Crippen LogP contribution in [0.25, 0.3) is 0 Å². The Bertz CT molecular complexity index is 342. The van der Waals surface area contributed by atoms with Crippen LogP contribution in [0.5, 0.6) is 0 Å². The number of rotatable bonds is 4. The summed E-state index contributed by atoms with van der Waals surface area (Å²) in [5, 5.41) is 3.47. The molecule has 4 nitrogen and oxygen atoms in total. The molecule has 1 atom stereocenters. The highest BCUT2D eigenvalue weighted by Gasteiger charge is 2.20. The average Bonchev–Trinajstić information content (AvgIpc) is 2.90. The van der Waals surface area contributed by atoms with E-state index in [0.717, 1.165) is 26.1 Å². The number of nitrogens with zero attached hydrogens (tertiary/aromatic N) is 1. The van der Waals surface area contributed by atoms with Gasteiger partial charge in [-0.25, -0.2) is 0 Å². The lowest BCUT2D eigenvalue weighted by molar-refractivity contribution is 0.0741. The lowest BCUT2D eigenvalue weighted by atomic mass is 10.0. The van der Waals surface area contributed by atoms with Gasteiger partial charge >= 0.3 is 0 Å². The van der Waals surface area contributed by atoms with Gasteiger partial charge in [0, 0.05) is 19.1 Å². The third kappa shape index (κ3) is 3.09. The molecule has 1 aliphatic heterocycles. The van der Waals surface area contributed by atoms with Crippen molar-refractivity contribution in [2.24, 2.45) is 0 Å². The van der Waals surface area contributed by atoms with Crippen molar-refractivity contribution in [2.45, 2.75) is 32.2 Å². The number of carbonyl (C=O) groups excluding carboxylic acids is 1. The Labute approximate surface area is 102 Å². The molecular weight excluding hydrogens is 216 g/mol. The molecule has 0 aromatic carbocycles. The fourth-order valence-electron chi connectivity index (χ4n) is 2.27. The molecule has 2 rings (SSSR count).